The van der Waals surface area contributed by atoms with E-state index in [9.17, 15) is 14.0 Å². The first-order chi connectivity index (χ1) is 11.0. The molecule has 0 saturated carbocycles. The lowest BCUT2D eigenvalue weighted by Gasteiger charge is -2.09. The highest BCUT2D eigenvalue weighted by molar-refractivity contribution is 6.45. The molecule has 2 aromatic carbocycles. The van der Waals surface area contributed by atoms with E-state index in [1.165, 1.54) is 12.1 Å². The van der Waals surface area contributed by atoms with Gasteiger partial charge < -0.3 is 10.6 Å². The first kappa shape index (κ1) is 17.2. The molecule has 0 radical (unpaired) electrons. The molecule has 0 bridgehead atoms. The average Bonchev–Trinajstić information content (AvgIpc) is 2.53. The molecule has 0 atom stereocenters. The zero-order valence-corrected chi connectivity index (χ0v) is 13.4. The van der Waals surface area contributed by atoms with Gasteiger partial charge in [0, 0.05) is 6.54 Å². The molecule has 2 amide bonds. The predicted molar refractivity (Wildman–Crippen MR) is 88.2 cm³/mol. The van der Waals surface area contributed by atoms with E-state index in [1.807, 2.05) is 0 Å². The SMILES string of the molecule is O=C(NCCc1ccccc1F)C(=O)Nc1cccc(Cl)c1Cl. The molecule has 2 rings (SSSR count). The largest absolute Gasteiger partial charge is 0.347 e. The topological polar surface area (TPSA) is 58.2 Å². The number of hydrogen-bond acceptors (Lipinski definition) is 2. The Labute approximate surface area is 142 Å². The summed E-state index contributed by atoms with van der Waals surface area (Å²) in [5.74, 6) is -2.06. The number of benzene rings is 2. The molecule has 0 aliphatic rings. The maximum atomic E-state index is 13.4. The summed E-state index contributed by atoms with van der Waals surface area (Å²) in [6.45, 7) is 0.135. The summed E-state index contributed by atoms with van der Waals surface area (Å²) in [5, 5.41) is 5.21. The number of carbonyl (C=O) groups excluding carboxylic acids is 2. The summed E-state index contributed by atoms with van der Waals surface area (Å²) >= 11 is 11.7. The molecule has 0 fully saturated rings. The van der Waals surface area contributed by atoms with Crippen molar-refractivity contribution in [2.24, 2.45) is 0 Å². The minimum Gasteiger partial charge on any atom is -0.347 e. The quantitative estimate of drug-likeness (QED) is 0.826. The molecule has 0 aliphatic heterocycles. The van der Waals surface area contributed by atoms with Crippen molar-refractivity contribution < 1.29 is 14.0 Å². The second-order valence-corrected chi connectivity index (χ2v) is 5.44. The second kappa shape index (κ2) is 7.94. The van der Waals surface area contributed by atoms with Crippen molar-refractivity contribution in [2.45, 2.75) is 6.42 Å². The molecule has 0 aromatic heterocycles. The second-order valence-electron chi connectivity index (χ2n) is 4.65. The summed E-state index contributed by atoms with van der Waals surface area (Å²) in [6, 6.07) is 10.9. The van der Waals surface area contributed by atoms with Gasteiger partial charge in [0.2, 0.25) is 0 Å². The molecule has 2 N–H and O–H groups in total. The number of rotatable bonds is 4. The van der Waals surface area contributed by atoms with Crippen molar-refractivity contribution in [1.82, 2.24) is 5.32 Å². The third-order valence-corrected chi connectivity index (χ3v) is 3.86. The summed E-state index contributed by atoms with van der Waals surface area (Å²) < 4.78 is 13.4. The minimum atomic E-state index is -0.872. The van der Waals surface area contributed by atoms with Crippen LogP contribution in [0.2, 0.25) is 10.0 Å². The van der Waals surface area contributed by atoms with Gasteiger partial charge in [-0.05, 0) is 30.2 Å². The van der Waals surface area contributed by atoms with E-state index in [2.05, 4.69) is 10.6 Å². The average molecular weight is 355 g/mol. The van der Waals surface area contributed by atoms with Gasteiger partial charge in [-0.1, -0.05) is 47.5 Å². The number of hydrogen-bond donors (Lipinski definition) is 2. The van der Waals surface area contributed by atoms with Crippen LogP contribution in [0.4, 0.5) is 10.1 Å². The standard InChI is InChI=1S/C16H13Cl2FN2O2/c17-11-5-3-7-13(14(11)18)21-16(23)15(22)20-9-8-10-4-1-2-6-12(10)19/h1-7H,8-9H2,(H,20,22)(H,21,23). The molecule has 0 spiro atoms. The van der Waals surface area contributed by atoms with Crippen LogP contribution in [0.5, 0.6) is 0 Å². The van der Waals surface area contributed by atoms with Gasteiger partial charge >= 0.3 is 11.8 Å². The van der Waals surface area contributed by atoms with Gasteiger partial charge in [-0.15, -0.1) is 0 Å². The van der Waals surface area contributed by atoms with Crippen molar-refractivity contribution in [3.05, 3.63) is 63.9 Å². The number of anilines is 1. The van der Waals surface area contributed by atoms with Gasteiger partial charge in [-0.25, -0.2) is 4.39 Å². The van der Waals surface area contributed by atoms with Crippen LogP contribution in [0.15, 0.2) is 42.5 Å². The molecule has 4 nitrogen and oxygen atoms in total. The van der Waals surface area contributed by atoms with E-state index < -0.39 is 11.8 Å². The molecule has 0 aliphatic carbocycles. The highest BCUT2D eigenvalue weighted by Gasteiger charge is 2.15. The zero-order chi connectivity index (χ0) is 16.8. The van der Waals surface area contributed by atoms with Crippen LogP contribution in [-0.2, 0) is 16.0 Å². The molecule has 0 saturated heterocycles. The van der Waals surface area contributed by atoms with Crippen LogP contribution in [0.3, 0.4) is 0 Å². The number of halogens is 3. The van der Waals surface area contributed by atoms with E-state index in [1.54, 1.807) is 30.3 Å². The van der Waals surface area contributed by atoms with Gasteiger partial charge in [0.05, 0.1) is 15.7 Å². The van der Waals surface area contributed by atoms with Crippen LogP contribution in [0.1, 0.15) is 5.56 Å². The van der Waals surface area contributed by atoms with Crippen LogP contribution < -0.4 is 10.6 Å². The Hall–Kier alpha value is -2.11. The lowest BCUT2D eigenvalue weighted by molar-refractivity contribution is -0.136. The van der Waals surface area contributed by atoms with Crippen molar-refractivity contribution in [3.8, 4) is 0 Å². The smallest absolute Gasteiger partial charge is 0.313 e. The third-order valence-electron chi connectivity index (χ3n) is 3.04. The number of nitrogens with one attached hydrogen (secondary N) is 2. The van der Waals surface area contributed by atoms with E-state index in [0.717, 1.165) is 0 Å². The van der Waals surface area contributed by atoms with Crippen molar-refractivity contribution in [3.63, 3.8) is 0 Å². The van der Waals surface area contributed by atoms with Crippen molar-refractivity contribution in [2.75, 3.05) is 11.9 Å². The van der Waals surface area contributed by atoms with Gasteiger partial charge in [0.15, 0.2) is 0 Å². The molecule has 7 heteroatoms. The fourth-order valence-corrected chi connectivity index (χ4v) is 2.22. The van der Waals surface area contributed by atoms with Gasteiger partial charge in [-0.2, -0.15) is 0 Å². The van der Waals surface area contributed by atoms with Gasteiger partial charge in [0.1, 0.15) is 5.82 Å². The Morgan fingerprint density at radius 2 is 1.74 bits per heavy atom. The summed E-state index contributed by atoms with van der Waals surface area (Å²) in [5.41, 5.74) is 0.708. The predicted octanol–water partition coefficient (Wildman–Crippen LogP) is 3.43. The molecular formula is C16H13Cl2FN2O2. The Morgan fingerprint density at radius 1 is 1.00 bits per heavy atom. The van der Waals surface area contributed by atoms with Crippen LogP contribution in [0, 0.1) is 5.82 Å². The third kappa shape index (κ3) is 4.68. The Morgan fingerprint density at radius 3 is 2.48 bits per heavy atom. The normalized spacial score (nSPS) is 10.2. The fourth-order valence-electron chi connectivity index (χ4n) is 1.87. The van der Waals surface area contributed by atoms with Crippen LogP contribution >= 0.6 is 23.2 Å². The van der Waals surface area contributed by atoms with Gasteiger partial charge in [-0.3, -0.25) is 9.59 Å². The Balaban J connectivity index is 1.87. The molecule has 120 valence electrons. The fraction of sp³-hybridized carbons (Fsp3) is 0.125. The van der Waals surface area contributed by atoms with Gasteiger partial charge in [0.25, 0.3) is 0 Å². The number of amides is 2. The summed E-state index contributed by atoms with van der Waals surface area (Å²) in [7, 11) is 0. The Bertz CT molecular complexity index is 738. The molecule has 2 aromatic rings. The maximum Gasteiger partial charge on any atom is 0.313 e. The Kier molecular flexibility index (Phi) is 5.96. The highest BCUT2D eigenvalue weighted by Crippen LogP contribution is 2.29. The van der Waals surface area contributed by atoms with Crippen LogP contribution in [-0.4, -0.2) is 18.4 Å². The van der Waals surface area contributed by atoms with Crippen molar-refractivity contribution in [1.29, 1.82) is 0 Å². The highest BCUT2D eigenvalue weighted by atomic mass is 35.5. The van der Waals surface area contributed by atoms with E-state index in [0.29, 0.717) is 5.56 Å². The minimum absolute atomic E-state index is 0.135. The lowest BCUT2D eigenvalue weighted by Crippen LogP contribution is -2.36. The molecular weight excluding hydrogens is 342 g/mol. The maximum absolute atomic E-state index is 13.4. The number of carbonyl (C=O) groups is 2. The monoisotopic (exact) mass is 354 g/mol. The van der Waals surface area contributed by atoms with Crippen molar-refractivity contribution >= 4 is 40.7 Å². The van der Waals surface area contributed by atoms with Crippen LogP contribution in [0.25, 0.3) is 0 Å². The van der Waals surface area contributed by atoms with E-state index in [4.69, 9.17) is 23.2 Å². The first-order valence-electron chi connectivity index (χ1n) is 6.75. The zero-order valence-electron chi connectivity index (χ0n) is 11.9. The molecule has 0 unspecified atom stereocenters. The molecule has 0 heterocycles. The first-order valence-corrected chi connectivity index (χ1v) is 7.51. The van der Waals surface area contributed by atoms with E-state index >= 15 is 0 Å². The molecule has 23 heavy (non-hydrogen) atoms. The summed E-state index contributed by atoms with van der Waals surface area (Å²) in [4.78, 5) is 23.5. The van der Waals surface area contributed by atoms with E-state index in [-0.39, 0.29) is 34.5 Å². The lowest BCUT2D eigenvalue weighted by atomic mass is 10.1. The summed E-state index contributed by atoms with van der Waals surface area (Å²) in [6.07, 6.45) is 0.281.